The van der Waals surface area contributed by atoms with Crippen molar-refractivity contribution in [3.63, 3.8) is 0 Å². The predicted octanol–water partition coefficient (Wildman–Crippen LogP) is 0.159. The largest absolute Gasteiger partial charge is 0.459 e. The third kappa shape index (κ3) is 6.37. The van der Waals surface area contributed by atoms with E-state index < -0.39 is 53.1 Å². The monoisotopic (exact) mass is 438 g/mol. The Morgan fingerprint density at radius 3 is 2.35 bits per heavy atom. The van der Waals surface area contributed by atoms with Gasteiger partial charge in [-0.05, 0) is 38.5 Å². The number of primary amides is 1. The van der Waals surface area contributed by atoms with Gasteiger partial charge in [-0.3, -0.25) is 24.5 Å². The number of hydrogen-bond donors (Lipinski definition) is 2. The van der Waals surface area contributed by atoms with Gasteiger partial charge >= 0.3 is 12.1 Å². The van der Waals surface area contributed by atoms with Gasteiger partial charge in [-0.2, -0.15) is 0 Å². The van der Waals surface area contributed by atoms with E-state index in [0.29, 0.717) is 10.6 Å². The summed E-state index contributed by atoms with van der Waals surface area (Å²) in [5.74, 6) is -2.62. The minimum Gasteiger partial charge on any atom is -0.459 e. The maximum Gasteiger partial charge on any atom is 0.408 e. The van der Waals surface area contributed by atoms with Crippen LogP contribution in [0.5, 0.6) is 0 Å². The van der Waals surface area contributed by atoms with Crippen molar-refractivity contribution in [2.45, 2.75) is 45.1 Å². The summed E-state index contributed by atoms with van der Waals surface area (Å²) in [5.41, 5.74) is 4.82. The number of nitro benzene ring substituents is 1. The number of non-ortho nitro benzene ring substituents is 1. The quantitative estimate of drug-likeness (QED) is 0.247. The number of nitrogens with one attached hydrogen (secondary N) is 1. The van der Waals surface area contributed by atoms with E-state index >= 15 is 0 Å². The van der Waals surface area contributed by atoms with Crippen LogP contribution in [0.1, 0.15) is 26.3 Å². The summed E-state index contributed by atoms with van der Waals surface area (Å²) < 4.78 is 9.97. The highest BCUT2D eigenvalue weighted by molar-refractivity contribution is 6.02. The van der Waals surface area contributed by atoms with E-state index in [-0.39, 0.29) is 12.3 Å². The van der Waals surface area contributed by atoms with Crippen LogP contribution < -0.4 is 11.1 Å². The molecule has 1 aliphatic rings. The third-order valence-electron chi connectivity index (χ3n) is 3.88. The smallest absolute Gasteiger partial charge is 0.408 e. The van der Waals surface area contributed by atoms with Gasteiger partial charge in [0.25, 0.3) is 11.6 Å². The molecule has 1 fully saturated rings. The molecule has 0 aliphatic carbocycles. The number of amides is 3. The molecule has 168 valence electrons. The summed E-state index contributed by atoms with van der Waals surface area (Å²) in [6.07, 6.45) is -0.917. The number of benzene rings is 1. The molecule has 0 spiro atoms. The minimum atomic E-state index is -1.33. The number of nitrogens with zero attached hydrogens (tertiary/aromatic N) is 2. The Labute approximate surface area is 176 Å². The van der Waals surface area contributed by atoms with Crippen LogP contribution in [0, 0.1) is 10.1 Å². The fourth-order valence-electron chi connectivity index (χ4n) is 2.50. The molecule has 31 heavy (non-hydrogen) atoms. The molecule has 13 nitrogen and oxygen atoms in total. The number of nitro groups is 1. The van der Waals surface area contributed by atoms with Crippen molar-refractivity contribution >= 4 is 29.6 Å². The number of nitrogens with two attached hydrogens (primary N) is 1. The van der Waals surface area contributed by atoms with E-state index in [1.54, 1.807) is 20.8 Å². The molecule has 0 radical (unpaired) electrons. The molecule has 2 atom stereocenters. The molecule has 0 aromatic heterocycles. The van der Waals surface area contributed by atoms with Gasteiger partial charge in [0, 0.05) is 12.1 Å². The Hall–Kier alpha value is -3.74. The van der Waals surface area contributed by atoms with Gasteiger partial charge in [0.05, 0.1) is 4.92 Å². The van der Waals surface area contributed by atoms with E-state index in [4.69, 9.17) is 20.0 Å². The Morgan fingerprint density at radius 2 is 1.84 bits per heavy atom. The molecule has 3 N–H and O–H groups in total. The van der Waals surface area contributed by atoms with Crippen molar-refractivity contribution in [1.29, 1.82) is 0 Å². The lowest BCUT2D eigenvalue weighted by Gasteiger charge is -2.43. The molecule has 1 aromatic rings. The first-order valence-electron chi connectivity index (χ1n) is 9.03. The fraction of sp³-hybridized carbons (Fsp3) is 0.444. The van der Waals surface area contributed by atoms with Crippen molar-refractivity contribution in [2.24, 2.45) is 5.73 Å². The summed E-state index contributed by atoms with van der Waals surface area (Å²) in [7, 11) is 0. The Kier molecular flexibility index (Phi) is 7.12. The molecular formula is C18H22N4O9. The maximum atomic E-state index is 12.2. The first-order chi connectivity index (χ1) is 14.4. The minimum absolute atomic E-state index is 0.109. The summed E-state index contributed by atoms with van der Waals surface area (Å²) >= 11 is 0. The summed E-state index contributed by atoms with van der Waals surface area (Å²) in [5, 5.41) is 13.4. The van der Waals surface area contributed by atoms with E-state index in [0.717, 1.165) is 0 Å². The predicted molar refractivity (Wildman–Crippen MR) is 102 cm³/mol. The van der Waals surface area contributed by atoms with Gasteiger partial charge in [-0.15, -0.1) is 0 Å². The van der Waals surface area contributed by atoms with Crippen molar-refractivity contribution in [1.82, 2.24) is 10.4 Å². The van der Waals surface area contributed by atoms with Crippen LogP contribution in [0.25, 0.3) is 0 Å². The Bertz CT molecular complexity index is 879. The highest BCUT2D eigenvalue weighted by Gasteiger charge is 2.53. The number of esters is 1. The van der Waals surface area contributed by atoms with Crippen molar-refractivity contribution in [2.75, 3.05) is 6.61 Å². The molecule has 1 saturated heterocycles. The number of hydrogen-bond acceptors (Lipinski definition) is 9. The Balaban J connectivity index is 1.84. The number of rotatable bonds is 8. The van der Waals surface area contributed by atoms with Crippen LogP contribution >= 0.6 is 0 Å². The first-order valence-corrected chi connectivity index (χ1v) is 9.03. The summed E-state index contributed by atoms with van der Waals surface area (Å²) in [6, 6.07) is 2.73. The van der Waals surface area contributed by atoms with Gasteiger partial charge in [-0.1, -0.05) is 0 Å². The zero-order chi connectivity index (χ0) is 23.3. The van der Waals surface area contributed by atoms with Gasteiger partial charge < -0.3 is 20.5 Å². The normalized spacial score (nSPS) is 18.0. The number of alkyl carbamates (subject to hydrolysis) is 1. The number of β-lactam (4-membered cyclic amide) rings is 1. The molecule has 2 rings (SSSR count). The van der Waals surface area contributed by atoms with Gasteiger partial charge in [0.1, 0.15) is 18.2 Å². The molecule has 1 heterocycles. The van der Waals surface area contributed by atoms with Crippen LogP contribution in [-0.2, 0) is 35.3 Å². The van der Waals surface area contributed by atoms with Gasteiger partial charge in [-0.25, -0.2) is 14.7 Å². The second kappa shape index (κ2) is 9.38. The SMILES string of the molecule is CC(C)(C)OC(=O)N[C@H]1C(=O)N(OCC(=O)OCc2ccc([N+](=O)[O-])cc2)[C@@H]1C(N)=O. The molecule has 0 bridgehead atoms. The average Bonchev–Trinajstić information content (AvgIpc) is 2.66. The van der Waals surface area contributed by atoms with Crippen LogP contribution in [0.15, 0.2) is 24.3 Å². The highest BCUT2D eigenvalue weighted by Crippen LogP contribution is 2.21. The average molecular weight is 438 g/mol. The van der Waals surface area contributed by atoms with Crippen LogP contribution in [0.3, 0.4) is 0 Å². The number of carbonyl (C=O) groups is 4. The standard InChI is InChI=1S/C18H22N4O9/c1-18(2,3)31-17(26)20-13-14(15(19)24)21(16(13)25)30-9-12(23)29-8-10-4-6-11(7-5-10)22(27)28/h4-7,13-14H,8-9H2,1-3H3,(H2,19,24)(H,20,26)/t13-,14+/m1/s1. The lowest BCUT2D eigenvalue weighted by atomic mass is 9.98. The third-order valence-corrected chi connectivity index (χ3v) is 3.88. The maximum absolute atomic E-state index is 12.2. The molecule has 0 saturated carbocycles. The highest BCUT2D eigenvalue weighted by atomic mass is 16.7. The van der Waals surface area contributed by atoms with Gasteiger partial charge in [0.2, 0.25) is 5.91 Å². The van der Waals surface area contributed by atoms with Crippen LogP contribution in [0.4, 0.5) is 10.5 Å². The molecule has 1 aliphatic heterocycles. The van der Waals surface area contributed by atoms with E-state index in [1.807, 2.05) is 0 Å². The molecule has 3 amide bonds. The molecule has 0 unspecified atom stereocenters. The summed E-state index contributed by atoms with van der Waals surface area (Å²) in [6.45, 7) is 3.98. The van der Waals surface area contributed by atoms with E-state index in [9.17, 15) is 29.3 Å². The lowest BCUT2D eigenvalue weighted by Crippen LogP contribution is -2.74. The van der Waals surface area contributed by atoms with Crippen molar-refractivity contribution < 1.29 is 38.4 Å². The van der Waals surface area contributed by atoms with Crippen molar-refractivity contribution in [3.8, 4) is 0 Å². The number of ether oxygens (including phenoxy) is 2. The topological polar surface area (TPSA) is 180 Å². The van der Waals surface area contributed by atoms with E-state index in [1.165, 1.54) is 24.3 Å². The van der Waals surface area contributed by atoms with Crippen LogP contribution in [0.2, 0.25) is 0 Å². The fourth-order valence-corrected chi connectivity index (χ4v) is 2.50. The summed E-state index contributed by atoms with van der Waals surface area (Å²) in [4.78, 5) is 62.5. The number of hydroxylamine groups is 2. The molecule has 13 heteroatoms. The van der Waals surface area contributed by atoms with Crippen molar-refractivity contribution in [3.05, 3.63) is 39.9 Å². The van der Waals surface area contributed by atoms with Crippen LogP contribution in [-0.4, -0.2) is 58.2 Å². The molecule has 1 aromatic carbocycles. The van der Waals surface area contributed by atoms with Gasteiger partial charge in [0.15, 0.2) is 12.6 Å². The molecular weight excluding hydrogens is 416 g/mol. The second-order valence-electron chi connectivity index (χ2n) is 7.49. The lowest BCUT2D eigenvalue weighted by molar-refractivity contribution is -0.384. The second-order valence-corrected chi connectivity index (χ2v) is 7.49. The van der Waals surface area contributed by atoms with E-state index in [2.05, 4.69) is 5.32 Å². The Morgan fingerprint density at radius 1 is 1.23 bits per heavy atom. The zero-order valence-corrected chi connectivity index (χ0v) is 17.0. The zero-order valence-electron chi connectivity index (χ0n) is 17.0. The first kappa shape index (κ1) is 23.5. The number of carbonyl (C=O) groups excluding carboxylic acids is 4.